The minimum Gasteiger partial charge on any atom is -0.467 e. The molecule has 1 aromatic heterocycles. The van der Waals surface area contributed by atoms with E-state index in [9.17, 15) is 9.59 Å². The first-order valence-electron chi connectivity index (χ1n) is 8.83. The van der Waals surface area contributed by atoms with E-state index in [1.165, 1.54) is 5.56 Å². The molecule has 2 amide bonds. The molecule has 3 atom stereocenters. The fourth-order valence-electron chi connectivity index (χ4n) is 3.65. The molecule has 4 rings (SSSR count). The first-order valence-corrected chi connectivity index (χ1v) is 8.83. The molecule has 5 nitrogen and oxygen atoms in total. The Labute approximate surface area is 147 Å². The number of carbonyl (C=O) groups is 2. The summed E-state index contributed by atoms with van der Waals surface area (Å²) in [5, 5.41) is 3.04. The Hall–Kier alpha value is -2.56. The van der Waals surface area contributed by atoms with Crippen LogP contribution >= 0.6 is 0 Å². The minimum atomic E-state index is -0.253. The van der Waals surface area contributed by atoms with Crippen molar-refractivity contribution in [1.29, 1.82) is 0 Å². The molecular formula is C20H22N2O3. The van der Waals surface area contributed by atoms with E-state index in [1.807, 2.05) is 12.1 Å². The molecule has 2 aromatic rings. The normalized spacial score (nSPS) is 25.2. The van der Waals surface area contributed by atoms with Crippen LogP contribution in [0.1, 0.15) is 30.1 Å². The molecule has 1 saturated heterocycles. The van der Waals surface area contributed by atoms with Crippen LogP contribution in [-0.2, 0) is 16.1 Å². The summed E-state index contributed by atoms with van der Waals surface area (Å²) in [7, 11) is 0. The Morgan fingerprint density at radius 3 is 2.80 bits per heavy atom. The molecule has 1 aliphatic carbocycles. The number of amides is 2. The van der Waals surface area contributed by atoms with E-state index in [0.717, 1.165) is 12.2 Å². The van der Waals surface area contributed by atoms with Gasteiger partial charge in [-0.1, -0.05) is 30.3 Å². The highest BCUT2D eigenvalue weighted by Crippen LogP contribution is 2.46. The molecular weight excluding hydrogens is 316 g/mol. The third kappa shape index (κ3) is 3.60. The van der Waals surface area contributed by atoms with Gasteiger partial charge in [-0.3, -0.25) is 9.59 Å². The molecule has 2 heterocycles. The zero-order valence-corrected chi connectivity index (χ0v) is 14.1. The van der Waals surface area contributed by atoms with Crippen LogP contribution in [0, 0.1) is 11.8 Å². The number of carbonyl (C=O) groups excluding carboxylic acids is 2. The van der Waals surface area contributed by atoms with Crippen LogP contribution in [0.3, 0.4) is 0 Å². The predicted octanol–water partition coefficient (Wildman–Crippen LogP) is 2.55. The first-order chi connectivity index (χ1) is 12.2. The van der Waals surface area contributed by atoms with Crippen molar-refractivity contribution in [3.63, 3.8) is 0 Å². The topological polar surface area (TPSA) is 62.6 Å². The highest BCUT2D eigenvalue weighted by Gasteiger charge is 2.39. The first kappa shape index (κ1) is 15.9. The summed E-state index contributed by atoms with van der Waals surface area (Å²) in [6.45, 7) is 1.60. The maximum absolute atomic E-state index is 12.4. The van der Waals surface area contributed by atoms with Gasteiger partial charge in [0.15, 0.2) is 0 Å². The van der Waals surface area contributed by atoms with E-state index < -0.39 is 0 Å². The molecule has 25 heavy (non-hydrogen) atoms. The van der Waals surface area contributed by atoms with Gasteiger partial charge in [0.25, 0.3) is 0 Å². The van der Waals surface area contributed by atoms with Crippen LogP contribution in [0.4, 0.5) is 0 Å². The molecule has 0 bridgehead atoms. The summed E-state index contributed by atoms with van der Waals surface area (Å²) in [6, 6.07) is 14.1. The van der Waals surface area contributed by atoms with Crippen molar-refractivity contribution >= 4 is 11.8 Å². The molecule has 1 aromatic carbocycles. The summed E-state index contributed by atoms with van der Waals surface area (Å²) < 4.78 is 5.29. The Morgan fingerprint density at radius 2 is 2.04 bits per heavy atom. The maximum Gasteiger partial charge on any atom is 0.225 e. The van der Waals surface area contributed by atoms with E-state index in [0.29, 0.717) is 37.9 Å². The lowest BCUT2D eigenvalue weighted by Gasteiger charge is -2.15. The van der Waals surface area contributed by atoms with Gasteiger partial charge >= 0.3 is 0 Å². The molecule has 2 aliphatic rings. The molecule has 0 radical (unpaired) electrons. The predicted molar refractivity (Wildman–Crippen MR) is 92.5 cm³/mol. The van der Waals surface area contributed by atoms with Gasteiger partial charge in [-0.25, -0.2) is 0 Å². The van der Waals surface area contributed by atoms with E-state index in [2.05, 4.69) is 29.6 Å². The molecule has 1 aliphatic heterocycles. The fraction of sp³-hybridized carbons (Fsp3) is 0.400. The summed E-state index contributed by atoms with van der Waals surface area (Å²) in [4.78, 5) is 26.2. The number of hydrogen-bond donors (Lipinski definition) is 1. The Morgan fingerprint density at radius 1 is 1.20 bits per heavy atom. The quantitative estimate of drug-likeness (QED) is 0.880. The Balaban J connectivity index is 1.25. The zero-order chi connectivity index (χ0) is 17.2. The van der Waals surface area contributed by atoms with E-state index in [4.69, 9.17) is 4.42 Å². The number of likely N-dealkylation sites (tertiary alicyclic amines) is 1. The molecule has 1 N–H and O–H groups in total. The highest BCUT2D eigenvalue weighted by atomic mass is 16.3. The van der Waals surface area contributed by atoms with Crippen LogP contribution in [0.15, 0.2) is 53.1 Å². The van der Waals surface area contributed by atoms with Gasteiger partial charge in [0.2, 0.25) is 11.8 Å². The maximum atomic E-state index is 12.4. The van der Waals surface area contributed by atoms with Gasteiger partial charge in [0, 0.05) is 19.5 Å². The Bertz CT molecular complexity index is 742. The smallest absolute Gasteiger partial charge is 0.225 e. The summed E-state index contributed by atoms with van der Waals surface area (Å²) in [6.07, 6.45) is 3.01. The number of benzene rings is 1. The second-order valence-electron chi connectivity index (χ2n) is 7.01. The average Bonchev–Trinajstić information content (AvgIpc) is 3.04. The number of rotatable bonds is 6. The number of nitrogens with one attached hydrogen (secondary N) is 1. The summed E-state index contributed by atoms with van der Waals surface area (Å²) in [5.74, 6) is 1.58. The van der Waals surface area contributed by atoms with Crippen LogP contribution < -0.4 is 5.32 Å². The van der Waals surface area contributed by atoms with Gasteiger partial charge in [0.05, 0.1) is 18.7 Å². The summed E-state index contributed by atoms with van der Waals surface area (Å²) >= 11 is 0. The minimum absolute atomic E-state index is 0.00555. The standard InChI is InChI=1S/C20H22N2O3/c23-19-10-16(12-22(19)13-17-7-4-8-25-17)20(24)21-11-15-9-18(15)14-5-2-1-3-6-14/h1-8,15-16,18H,9-13H2,(H,21,24)/t15-,16-,18-/m0/s1. The SMILES string of the molecule is O=C(NC[C@@H]1C[C@H]1c1ccccc1)[C@H]1CC(=O)N(Cc2ccco2)C1. The van der Waals surface area contributed by atoms with Gasteiger partial charge in [-0.2, -0.15) is 0 Å². The largest absolute Gasteiger partial charge is 0.467 e. The van der Waals surface area contributed by atoms with Crippen molar-refractivity contribution in [2.45, 2.75) is 25.3 Å². The lowest BCUT2D eigenvalue weighted by molar-refractivity contribution is -0.129. The van der Waals surface area contributed by atoms with Crippen molar-refractivity contribution in [2.75, 3.05) is 13.1 Å². The lowest BCUT2D eigenvalue weighted by atomic mass is 10.1. The van der Waals surface area contributed by atoms with Crippen LogP contribution in [0.5, 0.6) is 0 Å². The van der Waals surface area contributed by atoms with E-state index in [-0.39, 0.29) is 17.7 Å². The average molecular weight is 338 g/mol. The number of hydrogen-bond acceptors (Lipinski definition) is 3. The van der Waals surface area contributed by atoms with E-state index in [1.54, 1.807) is 17.2 Å². The summed E-state index contributed by atoms with van der Waals surface area (Å²) in [5.41, 5.74) is 1.35. The van der Waals surface area contributed by atoms with Gasteiger partial charge in [-0.05, 0) is 36.0 Å². The highest BCUT2D eigenvalue weighted by molar-refractivity contribution is 5.89. The number of nitrogens with zero attached hydrogens (tertiary/aromatic N) is 1. The van der Waals surface area contributed by atoms with Crippen molar-refractivity contribution in [3.05, 3.63) is 60.1 Å². The van der Waals surface area contributed by atoms with Gasteiger partial charge < -0.3 is 14.6 Å². The number of furan rings is 1. The fourth-order valence-corrected chi connectivity index (χ4v) is 3.65. The lowest BCUT2D eigenvalue weighted by Crippen LogP contribution is -2.34. The van der Waals surface area contributed by atoms with Crippen molar-refractivity contribution < 1.29 is 14.0 Å². The van der Waals surface area contributed by atoms with Crippen molar-refractivity contribution in [1.82, 2.24) is 10.2 Å². The molecule has 0 unspecified atom stereocenters. The van der Waals surface area contributed by atoms with Crippen LogP contribution in [0.2, 0.25) is 0 Å². The second kappa shape index (κ2) is 6.75. The van der Waals surface area contributed by atoms with Gasteiger partial charge in [0.1, 0.15) is 5.76 Å². The molecule has 1 saturated carbocycles. The molecule has 2 fully saturated rings. The molecule has 130 valence electrons. The second-order valence-corrected chi connectivity index (χ2v) is 7.01. The monoisotopic (exact) mass is 338 g/mol. The molecule has 0 spiro atoms. The zero-order valence-electron chi connectivity index (χ0n) is 14.1. The van der Waals surface area contributed by atoms with Crippen molar-refractivity contribution in [3.8, 4) is 0 Å². The van der Waals surface area contributed by atoms with Crippen LogP contribution in [-0.4, -0.2) is 29.8 Å². The third-order valence-corrected chi connectivity index (χ3v) is 5.20. The molecule has 5 heteroatoms. The Kier molecular flexibility index (Phi) is 4.30. The van der Waals surface area contributed by atoms with Crippen molar-refractivity contribution in [2.24, 2.45) is 11.8 Å². The third-order valence-electron chi connectivity index (χ3n) is 5.20. The van der Waals surface area contributed by atoms with Crippen LogP contribution in [0.25, 0.3) is 0 Å². The van der Waals surface area contributed by atoms with E-state index >= 15 is 0 Å². The van der Waals surface area contributed by atoms with Gasteiger partial charge in [-0.15, -0.1) is 0 Å².